The number of Topliss-reactive ketones (excluding diaryl/α,β-unsaturated/α-hetero) is 3. The largest absolute Gasteiger partial charge is 0.504 e. The molecule has 0 amide bonds. The highest BCUT2D eigenvalue weighted by molar-refractivity contribution is 9.10. The van der Waals surface area contributed by atoms with Crippen LogP contribution < -0.4 is 0 Å². The number of carbonyl (C=O) groups excluding carboxylic acids is 3. The van der Waals surface area contributed by atoms with Gasteiger partial charge in [0, 0.05) is 5.56 Å². The van der Waals surface area contributed by atoms with E-state index in [2.05, 4.69) is 47.8 Å². The van der Waals surface area contributed by atoms with Crippen molar-refractivity contribution in [1.82, 2.24) is 0 Å². The summed E-state index contributed by atoms with van der Waals surface area (Å²) in [7, 11) is 0. The van der Waals surface area contributed by atoms with Crippen molar-refractivity contribution in [3.63, 3.8) is 0 Å². The van der Waals surface area contributed by atoms with E-state index >= 15 is 0 Å². The summed E-state index contributed by atoms with van der Waals surface area (Å²) in [6.07, 6.45) is 0. The first-order chi connectivity index (χ1) is 11.8. The maximum absolute atomic E-state index is 13.1. The lowest BCUT2D eigenvalue weighted by Crippen LogP contribution is -2.34. The molecule has 3 N–H and O–H groups in total. The van der Waals surface area contributed by atoms with Crippen LogP contribution in [-0.2, 0) is 0 Å². The van der Waals surface area contributed by atoms with Crippen LogP contribution in [0.4, 0.5) is 0 Å². The van der Waals surface area contributed by atoms with Crippen molar-refractivity contribution in [3.8, 4) is 17.2 Å². The number of halogens is 3. The molecular formula is C18H21Br3O6. The fourth-order valence-corrected chi connectivity index (χ4v) is 2.87. The Bertz CT molecular complexity index is 770. The second kappa shape index (κ2) is 7.48. The van der Waals surface area contributed by atoms with Crippen LogP contribution in [0.1, 0.15) is 72.6 Å². The van der Waals surface area contributed by atoms with Gasteiger partial charge in [-0.2, -0.15) is 0 Å². The lowest BCUT2D eigenvalue weighted by molar-refractivity contribution is 0.0910. The van der Waals surface area contributed by atoms with Crippen molar-refractivity contribution < 1.29 is 29.7 Å². The average Bonchev–Trinajstić information content (AvgIpc) is 2.47. The highest BCUT2D eigenvalue weighted by atomic mass is 79.9. The number of hydrogen-bond acceptors (Lipinski definition) is 6. The van der Waals surface area contributed by atoms with Gasteiger partial charge < -0.3 is 15.3 Å². The lowest BCUT2D eigenvalue weighted by Gasteiger charge is -2.26. The molecule has 27 heavy (non-hydrogen) atoms. The van der Waals surface area contributed by atoms with Gasteiger partial charge in [0.25, 0.3) is 0 Å². The van der Waals surface area contributed by atoms with Crippen LogP contribution >= 0.6 is 47.8 Å². The van der Waals surface area contributed by atoms with E-state index in [0.29, 0.717) is 0 Å². The number of carbonyl (C=O) groups is 3. The number of benzene rings is 1. The van der Waals surface area contributed by atoms with Gasteiger partial charge in [-0.3, -0.25) is 14.4 Å². The summed E-state index contributed by atoms with van der Waals surface area (Å²) < 4.78 is -3.66. The number of phenols is 3. The Kier molecular flexibility index (Phi) is 6.68. The number of aromatic hydroxyl groups is 3. The summed E-state index contributed by atoms with van der Waals surface area (Å²) in [5.74, 6) is -5.16. The van der Waals surface area contributed by atoms with Crippen LogP contribution in [0.15, 0.2) is 0 Å². The van der Waals surface area contributed by atoms with Crippen molar-refractivity contribution in [2.75, 3.05) is 0 Å². The van der Waals surface area contributed by atoms with Gasteiger partial charge in [-0.05, 0) is 41.5 Å². The van der Waals surface area contributed by atoms with Crippen molar-refractivity contribution in [1.29, 1.82) is 0 Å². The minimum Gasteiger partial charge on any atom is -0.504 e. The Labute approximate surface area is 182 Å². The fourth-order valence-electron chi connectivity index (χ4n) is 2.27. The number of alkyl halides is 3. The van der Waals surface area contributed by atoms with E-state index in [1.807, 2.05) is 0 Å². The molecular weight excluding hydrogens is 552 g/mol. The van der Waals surface area contributed by atoms with Gasteiger partial charge in [0.05, 0.1) is 24.1 Å². The van der Waals surface area contributed by atoms with Gasteiger partial charge in [-0.25, -0.2) is 0 Å². The van der Waals surface area contributed by atoms with Crippen molar-refractivity contribution in [2.24, 2.45) is 0 Å². The minimum absolute atomic E-state index is 0.459. The Morgan fingerprint density at radius 2 is 0.778 bits per heavy atom. The molecule has 1 rings (SSSR count). The summed E-state index contributed by atoms with van der Waals surface area (Å²) in [4.78, 5) is 39.0. The second-order valence-electron chi connectivity index (χ2n) is 7.58. The summed E-state index contributed by atoms with van der Waals surface area (Å²) in [5.41, 5.74) is -1.53. The molecule has 0 aliphatic rings. The molecule has 0 atom stereocenters. The first-order valence-corrected chi connectivity index (χ1v) is 10.2. The van der Waals surface area contributed by atoms with Gasteiger partial charge in [-0.1, -0.05) is 47.8 Å². The van der Waals surface area contributed by atoms with Crippen molar-refractivity contribution in [3.05, 3.63) is 16.7 Å². The van der Waals surface area contributed by atoms with E-state index in [-0.39, 0.29) is 0 Å². The predicted molar refractivity (Wildman–Crippen MR) is 113 cm³/mol. The predicted octanol–water partition coefficient (Wildman–Crippen LogP) is 4.87. The first-order valence-electron chi connectivity index (χ1n) is 7.85. The molecule has 9 heteroatoms. The van der Waals surface area contributed by atoms with Crippen LogP contribution in [-0.4, -0.2) is 45.6 Å². The molecule has 0 fully saturated rings. The molecule has 150 valence electrons. The Morgan fingerprint density at radius 1 is 0.556 bits per heavy atom. The molecule has 0 unspecified atom stereocenters. The maximum atomic E-state index is 13.1. The van der Waals surface area contributed by atoms with Crippen LogP contribution in [0.25, 0.3) is 0 Å². The van der Waals surface area contributed by atoms with Crippen LogP contribution in [0.5, 0.6) is 17.2 Å². The van der Waals surface area contributed by atoms with Gasteiger partial charge in [0.15, 0.2) is 28.8 Å². The molecule has 0 saturated heterocycles. The van der Waals surface area contributed by atoms with Gasteiger partial charge >= 0.3 is 0 Å². The molecule has 6 nitrogen and oxygen atoms in total. The van der Waals surface area contributed by atoms with Crippen molar-refractivity contribution in [2.45, 2.75) is 54.5 Å². The third kappa shape index (κ3) is 4.74. The Hall–Kier alpha value is -0.930. The lowest BCUT2D eigenvalue weighted by atomic mass is 9.83. The van der Waals surface area contributed by atoms with Gasteiger partial charge in [-0.15, -0.1) is 0 Å². The summed E-state index contributed by atoms with van der Waals surface area (Å²) in [6.45, 7) is 8.95. The maximum Gasteiger partial charge on any atom is 0.201 e. The summed E-state index contributed by atoms with van der Waals surface area (Å²) >= 11 is 9.54. The molecule has 0 spiro atoms. The highest BCUT2D eigenvalue weighted by Crippen LogP contribution is 2.48. The molecule has 0 heterocycles. The zero-order valence-corrected chi connectivity index (χ0v) is 20.5. The average molecular weight is 573 g/mol. The van der Waals surface area contributed by atoms with Crippen LogP contribution in [0.2, 0.25) is 0 Å². The zero-order valence-electron chi connectivity index (χ0n) is 15.7. The van der Waals surface area contributed by atoms with Crippen LogP contribution in [0, 0.1) is 0 Å². The van der Waals surface area contributed by atoms with Crippen LogP contribution in [0.3, 0.4) is 0 Å². The smallest absolute Gasteiger partial charge is 0.201 e. The van der Waals surface area contributed by atoms with E-state index < -0.39 is 64.3 Å². The van der Waals surface area contributed by atoms with Crippen molar-refractivity contribution >= 4 is 65.1 Å². The molecule has 0 aliphatic carbocycles. The normalized spacial score (nSPS) is 12.8. The molecule has 0 aliphatic heterocycles. The van der Waals surface area contributed by atoms with E-state index in [9.17, 15) is 29.7 Å². The second-order valence-corrected chi connectivity index (χ2v) is 13.5. The molecule has 0 saturated carbocycles. The molecule has 1 aromatic carbocycles. The SMILES string of the molecule is CC(C)(Br)C(=O)c1c(O)c(O)c(O)c(C(=O)C(C)(C)Br)c1C(=O)C(C)(C)Br. The standard InChI is InChI=1S/C18H21Br3O6/c1-16(2,19)13(25)7-8(14(26)17(3,4)20)10(22)12(24)11(23)9(7)15(27)18(5,6)21/h22-24H,1-6H3. The highest BCUT2D eigenvalue weighted by Gasteiger charge is 2.43. The fraction of sp³-hybridized carbons (Fsp3) is 0.500. The monoisotopic (exact) mass is 570 g/mol. The summed E-state index contributed by atoms with van der Waals surface area (Å²) in [5, 5.41) is 30.9. The van der Waals surface area contributed by atoms with Gasteiger partial charge in [0.1, 0.15) is 0 Å². The third-order valence-corrected chi connectivity index (χ3v) is 4.80. The van der Waals surface area contributed by atoms with E-state index in [1.165, 1.54) is 41.5 Å². The Balaban J connectivity index is 4.22. The number of rotatable bonds is 6. The Morgan fingerprint density at radius 3 is 1.00 bits per heavy atom. The first kappa shape index (κ1) is 24.1. The quantitative estimate of drug-likeness (QED) is 0.255. The molecule has 0 radical (unpaired) electrons. The molecule has 1 aromatic rings. The van der Waals surface area contributed by atoms with E-state index in [4.69, 9.17) is 0 Å². The number of phenolic OH excluding ortho intramolecular Hbond substituents is 3. The number of hydrogen-bond donors (Lipinski definition) is 3. The van der Waals surface area contributed by atoms with E-state index in [1.54, 1.807) is 0 Å². The third-order valence-electron chi connectivity index (χ3n) is 3.72. The van der Waals surface area contributed by atoms with Gasteiger partial charge in [0.2, 0.25) is 5.75 Å². The zero-order chi connectivity index (χ0) is 21.7. The molecule has 0 aromatic heterocycles. The molecule has 0 bridgehead atoms. The number of ketones is 3. The topological polar surface area (TPSA) is 112 Å². The summed E-state index contributed by atoms with van der Waals surface area (Å²) in [6, 6.07) is 0. The minimum atomic E-state index is -1.22. The van der Waals surface area contributed by atoms with E-state index in [0.717, 1.165) is 0 Å².